The fourth-order valence-electron chi connectivity index (χ4n) is 7.74. The van der Waals surface area contributed by atoms with E-state index >= 15 is 0 Å². The van der Waals surface area contributed by atoms with Gasteiger partial charge in [-0.25, -0.2) is 4.79 Å². The Morgan fingerprint density at radius 1 is 0.467 bits per heavy atom. The van der Waals surface area contributed by atoms with E-state index in [9.17, 15) is 34.5 Å². The van der Waals surface area contributed by atoms with Crippen LogP contribution in [0.3, 0.4) is 0 Å². The number of aliphatic carboxylic acids is 1. The average molecular weight is 1050 g/mol. The van der Waals surface area contributed by atoms with Crippen molar-refractivity contribution in [2.45, 2.75) is 237 Å². The van der Waals surface area contributed by atoms with Crippen molar-refractivity contribution in [2.24, 2.45) is 0 Å². The predicted octanol–water partition coefficient (Wildman–Crippen LogP) is 14.4. The second kappa shape index (κ2) is 50.0. The van der Waals surface area contributed by atoms with Crippen molar-refractivity contribution in [3.05, 3.63) is 122 Å². The number of hydrogen-bond acceptors (Lipinski definition) is 11. The molecule has 6 unspecified atom stereocenters. The van der Waals surface area contributed by atoms with Crippen LogP contribution in [0.25, 0.3) is 0 Å². The number of carboxylic acids is 1. The highest BCUT2D eigenvalue weighted by Gasteiger charge is 2.50. The third-order valence-corrected chi connectivity index (χ3v) is 12.1. The molecule has 0 radical (unpaired) electrons. The standard InChI is InChI=1S/C63H98O12/c1-4-7-10-13-16-19-22-25-27-28-30-32-34-37-40-43-46-49-55(64)71-52-54(73-56(65)50-47-44-41-38-36-33-29-26-23-20-17-14-11-8-5-2)53-72-63-61(59(68)58(67)60(75-63)62(69)70)74-57(66)51-48-45-42-39-35-31-24-21-18-15-12-9-6-3/h8-9,11-12,17-18,20-21,25-27,29,31,35-36,38,42,44-45,47,54,58-61,63,67-68H,4-7,10,13-16,19,22-24,28,30,32-34,37,39-41,43,46,48-53H2,1-3H3,(H,69,70)/b11-8-,12-9-,20-17-,21-18-,27-25-,29-26-,35-31-,38-36-,45-42-,47-44-. The van der Waals surface area contributed by atoms with E-state index in [2.05, 4.69) is 99.8 Å². The first-order chi connectivity index (χ1) is 36.6. The Bertz CT molecular complexity index is 1770. The minimum Gasteiger partial charge on any atom is -0.479 e. The summed E-state index contributed by atoms with van der Waals surface area (Å²) in [5.74, 6) is -3.42. The molecule has 0 saturated carbocycles. The quantitative estimate of drug-likeness (QED) is 0.0228. The van der Waals surface area contributed by atoms with Crippen LogP contribution >= 0.6 is 0 Å². The number of ether oxygens (including phenoxy) is 5. The first-order valence-electron chi connectivity index (χ1n) is 28.5. The van der Waals surface area contributed by atoms with Gasteiger partial charge in [0.15, 0.2) is 24.6 Å². The Hall–Kier alpha value is -4.88. The molecule has 0 aliphatic carbocycles. The average Bonchev–Trinajstić information content (AvgIpc) is 3.39. The molecular formula is C63H98O12. The number of carboxylic acid groups (broad SMARTS) is 1. The summed E-state index contributed by atoms with van der Waals surface area (Å²) in [4.78, 5) is 50.9. The van der Waals surface area contributed by atoms with Crippen LogP contribution in [0, 0.1) is 0 Å². The summed E-state index contributed by atoms with van der Waals surface area (Å²) >= 11 is 0. The zero-order valence-corrected chi connectivity index (χ0v) is 46.2. The highest BCUT2D eigenvalue weighted by atomic mass is 16.7. The number of carbonyl (C=O) groups excluding carboxylic acids is 3. The van der Waals surface area contributed by atoms with E-state index < -0.39 is 67.3 Å². The minimum atomic E-state index is -1.95. The molecule has 1 aliphatic heterocycles. The summed E-state index contributed by atoms with van der Waals surface area (Å²) < 4.78 is 28.1. The number of aliphatic hydroxyl groups is 2. The predicted molar refractivity (Wildman–Crippen MR) is 303 cm³/mol. The first kappa shape index (κ1) is 68.1. The van der Waals surface area contributed by atoms with Crippen LogP contribution in [-0.4, -0.2) is 89.2 Å². The van der Waals surface area contributed by atoms with E-state index in [1.165, 1.54) is 57.8 Å². The normalized spacial score (nSPS) is 19.1. The summed E-state index contributed by atoms with van der Waals surface area (Å²) in [6, 6.07) is 0. The molecule has 422 valence electrons. The van der Waals surface area contributed by atoms with Crippen LogP contribution in [0.1, 0.15) is 201 Å². The van der Waals surface area contributed by atoms with Crippen molar-refractivity contribution in [3.8, 4) is 0 Å². The van der Waals surface area contributed by atoms with Gasteiger partial charge in [-0.1, -0.05) is 206 Å². The third-order valence-electron chi connectivity index (χ3n) is 12.1. The van der Waals surface area contributed by atoms with Gasteiger partial charge in [-0.15, -0.1) is 0 Å². The zero-order chi connectivity index (χ0) is 54.7. The van der Waals surface area contributed by atoms with Gasteiger partial charge in [-0.2, -0.15) is 0 Å². The lowest BCUT2D eigenvalue weighted by atomic mass is 9.98. The highest BCUT2D eigenvalue weighted by molar-refractivity contribution is 5.74. The third kappa shape index (κ3) is 40.1. The first-order valence-corrected chi connectivity index (χ1v) is 28.5. The second-order valence-corrected chi connectivity index (χ2v) is 18.8. The number of aliphatic hydroxyl groups excluding tert-OH is 2. The second-order valence-electron chi connectivity index (χ2n) is 18.8. The van der Waals surface area contributed by atoms with E-state index in [-0.39, 0.29) is 25.9 Å². The summed E-state index contributed by atoms with van der Waals surface area (Å²) in [6.45, 7) is 5.61. The molecule has 1 aliphatic rings. The molecule has 12 heteroatoms. The lowest BCUT2D eigenvalue weighted by Gasteiger charge is -2.40. The Labute approximate surface area is 452 Å². The number of carbonyl (C=O) groups is 4. The van der Waals surface area contributed by atoms with Gasteiger partial charge < -0.3 is 39.0 Å². The summed E-state index contributed by atoms with van der Waals surface area (Å²) in [7, 11) is 0. The largest absolute Gasteiger partial charge is 0.479 e. The lowest BCUT2D eigenvalue weighted by Crippen LogP contribution is -2.61. The van der Waals surface area contributed by atoms with E-state index in [0.717, 1.165) is 77.0 Å². The Kier molecular flexibility index (Phi) is 45.4. The molecule has 3 N–H and O–H groups in total. The van der Waals surface area contributed by atoms with Gasteiger partial charge in [0, 0.05) is 12.8 Å². The molecule has 0 aromatic rings. The minimum absolute atomic E-state index is 0.0775. The van der Waals surface area contributed by atoms with Crippen LogP contribution in [-0.2, 0) is 42.9 Å². The molecule has 1 heterocycles. The molecule has 0 bridgehead atoms. The van der Waals surface area contributed by atoms with E-state index in [1.54, 1.807) is 6.08 Å². The number of unbranched alkanes of at least 4 members (excludes halogenated alkanes) is 13. The van der Waals surface area contributed by atoms with Crippen LogP contribution in [0.15, 0.2) is 122 Å². The fraction of sp³-hybridized carbons (Fsp3) is 0.619. The van der Waals surface area contributed by atoms with E-state index in [4.69, 9.17) is 23.7 Å². The van der Waals surface area contributed by atoms with Crippen LogP contribution in [0.4, 0.5) is 0 Å². The molecule has 1 rings (SSSR count). The Morgan fingerprint density at radius 2 is 0.907 bits per heavy atom. The molecule has 0 spiro atoms. The molecule has 6 atom stereocenters. The van der Waals surface area contributed by atoms with Crippen LogP contribution in [0.5, 0.6) is 0 Å². The van der Waals surface area contributed by atoms with Gasteiger partial charge in [-0.3, -0.25) is 14.4 Å². The van der Waals surface area contributed by atoms with Crippen molar-refractivity contribution in [1.82, 2.24) is 0 Å². The van der Waals surface area contributed by atoms with Crippen molar-refractivity contribution in [1.29, 1.82) is 0 Å². The van der Waals surface area contributed by atoms with Gasteiger partial charge in [0.25, 0.3) is 0 Å². The van der Waals surface area contributed by atoms with Crippen molar-refractivity contribution < 1.29 is 58.2 Å². The molecule has 0 aromatic heterocycles. The smallest absolute Gasteiger partial charge is 0.335 e. The number of hydrogen-bond donors (Lipinski definition) is 3. The van der Waals surface area contributed by atoms with E-state index in [1.807, 2.05) is 36.5 Å². The van der Waals surface area contributed by atoms with Gasteiger partial charge in [-0.05, 0) is 96.3 Å². The van der Waals surface area contributed by atoms with E-state index in [0.29, 0.717) is 25.7 Å². The van der Waals surface area contributed by atoms with Crippen molar-refractivity contribution >= 4 is 23.9 Å². The number of allylic oxidation sites excluding steroid dienone is 19. The van der Waals surface area contributed by atoms with Crippen LogP contribution < -0.4 is 0 Å². The molecule has 75 heavy (non-hydrogen) atoms. The molecule has 12 nitrogen and oxygen atoms in total. The Balaban J connectivity index is 2.80. The number of esters is 3. The highest BCUT2D eigenvalue weighted by Crippen LogP contribution is 2.26. The summed E-state index contributed by atoms with van der Waals surface area (Å²) in [5, 5.41) is 31.4. The summed E-state index contributed by atoms with van der Waals surface area (Å²) in [5.41, 5.74) is 0. The van der Waals surface area contributed by atoms with Gasteiger partial charge in [0.1, 0.15) is 18.8 Å². The SMILES string of the molecule is CC/C=C\C/C=C\C/C=C\C/C=C\C/C=C\CC(=O)OC(COC(=O)CCCCCCCCC/C=C\CCCCCCCC)COC1OC(C(=O)O)C(O)C(O)C1OC(=O)CC/C=C\C/C=C\C/C=C\C/C=C\CC. The zero-order valence-electron chi connectivity index (χ0n) is 46.2. The molecular weight excluding hydrogens is 949 g/mol. The maximum atomic E-state index is 13.1. The van der Waals surface area contributed by atoms with Crippen molar-refractivity contribution in [3.63, 3.8) is 0 Å². The van der Waals surface area contributed by atoms with Gasteiger partial charge in [0.05, 0.1) is 13.0 Å². The maximum absolute atomic E-state index is 13.1. The van der Waals surface area contributed by atoms with Gasteiger partial charge >= 0.3 is 23.9 Å². The molecule has 1 saturated heterocycles. The molecule has 0 amide bonds. The topological polar surface area (TPSA) is 175 Å². The number of rotatable bonds is 46. The Morgan fingerprint density at radius 3 is 1.40 bits per heavy atom. The molecule has 0 aromatic carbocycles. The fourth-order valence-corrected chi connectivity index (χ4v) is 7.74. The van der Waals surface area contributed by atoms with Crippen molar-refractivity contribution in [2.75, 3.05) is 13.2 Å². The molecule has 1 fully saturated rings. The lowest BCUT2D eigenvalue weighted by molar-refractivity contribution is -0.301. The monoisotopic (exact) mass is 1050 g/mol. The van der Waals surface area contributed by atoms with Gasteiger partial charge in [0.2, 0.25) is 0 Å². The summed E-state index contributed by atoms with van der Waals surface area (Å²) in [6.07, 6.45) is 56.5. The maximum Gasteiger partial charge on any atom is 0.335 e. The van der Waals surface area contributed by atoms with Crippen LogP contribution in [0.2, 0.25) is 0 Å².